The lowest BCUT2D eigenvalue weighted by Gasteiger charge is -2.32. The van der Waals surface area contributed by atoms with Crippen LogP contribution in [-0.4, -0.2) is 62.7 Å². The number of carboxylic acid groups (broad SMARTS) is 1. The lowest BCUT2D eigenvalue weighted by atomic mass is 9.97. The van der Waals surface area contributed by atoms with Crippen LogP contribution in [0.25, 0.3) is 17.3 Å². The highest BCUT2D eigenvalue weighted by atomic mass is 32.2. The lowest BCUT2D eigenvalue weighted by Crippen LogP contribution is -2.38. The van der Waals surface area contributed by atoms with E-state index in [-0.39, 0.29) is 11.5 Å². The first kappa shape index (κ1) is 28.9. The number of anilines is 2. The van der Waals surface area contributed by atoms with E-state index < -0.39 is 17.1 Å². The van der Waals surface area contributed by atoms with Gasteiger partial charge in [-0.15, -0.1) is 0 Å². The molecule has 0 aliphatic carbocycles. The molecule has 0 saturated carbocycles. The predicted octanol–water partition coefficient (Wildman–Crippen LogP) is 3.53. The van der Waals surface area contributed by atoms with E-state index in [1.165, 1.54) is 6.92 Å². The second-order valence-corrected chi connectivity index (χ2v) is 11.0. The normalized spacial score (nSPS) is 16.5. The standard InChI is InChI=1S/C29H29N7O5S/c1-17(37)33-21-4-2-3-20(12-21)25-23(27(39)40)11-19(16-32-25)15-30-14-18-6-9-36(10-7-18)28-31-8-5-22(34-28)13-24-26(38)35-29(41)42-24/h2-5,8,11-13,16,18,30H,6-7,9-10,14-15H2,1H3,(H,33,37)(H,39,40)(H,35,38,41)/b24-13+. The first-order valence-corrected chi connectivity index (χ1v) is 14.2. The van der Waals surface area contributed by atoms with Gasteiger partial charge < -0.3 is 20.6 Å². The first-order chi connectivity index (χ1) is 20.2. The van der Waals surface area contributed by atoms with E-state index in [1.807, 2.05) is 0 Å². The van der Waals surface area contributed by atoms with Crippen molar-refractivity contribution < 1.29 is 24.3 Å². The molecule has 5 rings (SSSR count). The fourth-order valence-corrected chi connectivity index (χ4v) is 5.52. The average Bonchev–Trinajstić information content (AvgIpc) is 3.29. The predicted molar refractivity (Wildman–Crippen MR) is 159 cm³/mol. The molecule has 3 aromatic rings. The van der Waals surface area contributed by atoms with Gasteiger partial charge in [-0.05, 0) is 73.0 Å². The van der Waals surface area contributed by atoms with Crippen LogP contribution in [0.4, 0.5) is 16.4 Å². The van der Waals surface area contributed by atoms with E-state index in [0.717, 1.165) is 49.8 Å². The fraction of sp³-hybridized carbons (Fsp3) is 0.276. The number of piperidine rings is 1. The summed E-state index contributed by atoms with van der Waals surface area (Å²) in [5.74, 6) is -0.689. The largest absolute Gasteiger partial charge is 0.478 e. The van der Waals surface area contributed by atoms with E-state index in [4.69, 9.17) is 0 Å². The van der Waals surface area contributed by atoms with Gasteiger partial charge >= 0.3 is 5.97 Å². The molecule has 0 unspecified atom stereocenters. The molecule has 4 N–H and O–H groups in total. The Morgan fingerprint density at radius 3 is 2.69 bits per heavy atom. The maximum atomic E-state index is 12.0. The van der Waals surface area contributed by atoms with E-state index in [9.17, 15) is 24.3 Å². The van der Waals surface area contributed by atoms with Gasteiger partial charge in [0.1, 0.15) is 0 Å². The van der Waals surface area contributed by atoms with E-state index in [1.54, 1.807) is 54.9 Å². The number of imide groups is 1. The van der Waals surface area contributed by atoms with Gasteiger partial charge in [-0.1, -0.05) is 12.1 Å². The van der Waals surface area contributed by atoms with Crippen LogP contribution in [0.3, 0.4) is 0 Å². The minimum atomic E-state index is -1.07. The zero-order chi connectivity index (χ0) is 29.6. The summed E-state index contributed by atoms with van der Waals surface area (Å²) in [5, 5.41) is 17.8. The second kappa shape index (κ2) is 12.9. The summed E-state index contributed by atoms with van der Waals surface area (Å²) in [7, 11) is 0. The Morgan fingerprint density at radius 2 is 1.98 bits per heavy atom. The van der Waals surface area contributed by atoms with E-state index >= 15 is 0 Å². The molecule has 2 fully saturated rings. The highest BCUT2D eigenvalue weighted by Crippen LogP contribution is 2.27. The molecule has 2 aliphatic rings. The van der Waals surface area contributed by atoms with Crippen LogP contribution in [0.2, 0.25) is 0 Å². The first-order valence-electron chi connectivity index (χ1n) is 13.4. The molecule has 0 bridgehead atoms. The van der Waals surface area contributed by atoms with Gasteiger partial charge in [-0.3, -0.25) is 24.7 Å². The molecule has 13 heteroatoms. The van der Waals surface area contributed by atoms with Gasteiger partial charge in [0.25, 0.3) is 11.1 Å². The van der Waals surface area contributed by atoms with Crippen molar-refractivity contribution in [1.29, 1.82) is 0 Å². The van der Waals surface area contributed by atoms with E-state index in [0.29, 0.717) is 46.0 Å². The van der Waals surface area contributed by atoms with Gasteiger partial charge in [0.05, 0.1) is 21.9 Å². The van der Waals surface area contributed by atoms with Gasteiger partial charge in [-0.25, -0.2) is 14.8 Å². The summed E-state index contributed by atoms with van der Waals surface area (Å²) in [6.45, 7) is 4.21. The molecule has 2 aliphatic heterocycles. The van der Waals surface area contributed by atoms with Gasteiger partial charge in [0.2, 0.25) is 11.9 Å². The molecule has 2 saturated heterocycles. The van der Waals surface area contributed by atoms with Crippen molar-refractivity contribution in [2.45, 2.75) is 26.3 Å². The van der Waals surface area contributed by atoms with Gasteiger partial charge in [0.15, 0.2) is 0 Å². The Labute approximate surface area is 246 Å². The van der Waals surface area contributed by atoms with Gasteiger partial charge in [-0.2, -0.15) is 0 Å². The Bertz CT molecular complexity index is 1570. The number of thioether (sulfide) groups is 1. The van der Waals surface area contributed by atoms with Crippen molar-refractivity contribution in [3.05, 3.63) is 70.5 Å². The van der Waals surface area contributed by atoms with Crippen LogP contribution in [-0.2, 0) is 16.1 Å². The number of carbonyl (C=O) groups excluding carboxylic acids is 3. The van der Waals surface area contributed by atoms with Crippen LogP contribution in [0.5, 0.6) is 0 Å². The molecular weight excluding hydrogens is 558 g/mol. The average molecular weight is 588 g/mol. The minimum Gasteiger partial charge on any atom is -0.478 e. The Hall–Kier alpha value is -4.62. The van der Waals surface area contributed by atoms with Crippen LogP contribution in [0.1, 0.15) is 41.4 Å². The van der Waals surface area contributed by atoms with Crippen LogP contribution < -0.4 is 20.9 Å². The Morgan fingerprint density at radius 1 is 1.17 bits per heavy atom. The van der Waals surface area contributed by atoms with Crippen molar-refractivity contribution in [3.63, 3.8) is 0 Å². The summed E-state index contributed by atoms with van der Waals surface area (Å²) in [6, 6.07) is 10.3. The second-order valence-electron chi connectivity index (χ2n) is 10.0. The Kier molecular flexibility index (Phi) is 8.88. The number of aromatic carboxylic acids is 1. The summed E-state index contributed by atoms with van der Waals surface area (Å²) >= 11 is 0.855. The molecule has 42 heavy (non-hydrogen) atoms. The monoisotopic (exact) mass is 587 g/mol. The number of aromatic nitrogens is 3. The molecule has 2 aromatic heterocycles. The van der Waals surface area contributed by atoms with Crippen molar-refractivity contribution in [2.75, 3.05) is 29.9 Å². The number of pyridine rings is 1. The number of carbonyl (C=O) groups is 4. The maximum absolute atomic E-state index is 12.0. The molecule has 216 valence electrons. The number of hydrogen-bond acceptors (Lipinski definition) is 10. The number of rotatable bonds is 9. The molecule has 4 heterocycles. The molecule has 0 atom stereocenters. The third-order valence-corrected chi connectivity index (χ3v) is 7.69. The van der Waals surface area contributed by atoms with Crippen molar-refractivity contribution in [1.82, 2.24) is 25.6 Å². The molecule has 0 radical (unpaired) electrons. The molecule has 1 aromatic carbocycles. The SMILES string of the molecule is CC(=O)Nc1cccc(-c2ncc(CNCC3CCN(c4nccc(/C=C5/SC(=O)NC5=O)n4)CC3)cc2C(=O)O)c1. The molecule has 3 amide bonds. The molecule has 0 spiro atoms. The number of nitrogens with one attached hydrogen (secondary N) is 3. The quantitative estimate of drug-likeness (QED) is 0.271. The maximum Gasteiger partial charge on any atom is 0.337 e. The third-order valence-electron chi connectivity index (χ3n) is 6.88. The lowest BCUT2D eigenvalue weighted by molar-refractivity contribution is -0.115. The highest BCUT2D eigenvalue weighted by Gasteiger charge is 2.26. The summed E-state index contributed by atoms with van der Waals surface area (Å²) in [5.41, 5.74) is 2.94. The highest BCUT2D eigenvalue weighted by molar-refractivity contribution is 8.18. The van der Waals surface area contributed by atoms with Crippen molar-refractivity contribution in [2.24, 2.45) is 5.92 Å². The van der Waals surface area contributed by atoms with Crippen LogP contribution in [0, 0.1) is 5.92 Å². The number of amides is 3. The number of carboxylic acids is 1. The summed E-state index contributed by atoms with van der Waals surface area (Å²) < 4.78 is 0. The van der Waals surface area contributed by atoms with E-state index in [2.05, 4.69) is 35.8 Å². The smallest absolute Gasteiger partial charge is 0.337 e. The number of benzene rings is 1. The zero-order valence-corrected chi connectivity index (χ0v) is 23.6. The van der Waals surface area contributed by atoms with Crippen molar-refractivity contribution >= 4 is 52.5 Å². The molecule has 12 nitrogen and oxygen atoms in total. The zero-order valence-electron chi connectivity index (χ0n) is 22.8. The fourth-order valence-electron chi connectivity index (χ4n) is 4.85. The summed E-state index contributed by atoms with van der Waals surface area (Å²) in [6.07, 6.45) is 6.76. The molecular formula is C29H29N7O5S. The minimum absolute atomic E-state index is 0.0965. The van der Waals surface area contributed by atoms with Crippen LogP contribution >= 0.6 is 11.8 Å². The number of hydrogen-bond donors (Lipinski definition) is 4. The van der Waals surface area contributed by atoms with Crippen LogP contribution in [0.15, 0.2) is 53.7 Å². The topological polar surface area (TPSA) is 167 Å². The van der Waals surface area contributed by atoms with Gasteiger partial charge in [0, 0.05) is 50.2 Å². The van der Waals surface area contributed by atoms with Crippen molar-refractivity contribution in [3.8, 4) is 11.3 Å². The Balaban J connectivity index is 1.15. The summed E-state index contributed by atoms with van der Waals surface area (Å²) in [4.78, 5) is 62.5. The third kappa shape index (κ3) is 7.17. The number of nitrogens with zero attached hydrogens (tertiary/aromatic N) is 4.